The number of amidine groups is 1. The normalized spacial score (nSPS) is 18.1. The average molecular weight is 233 g/mol. The Balaban J connectivity index is 2.08. The highest BCUT2D eigenvalue weighted by molar-refractivity contribution is 6.35. The van der Waals surface area contributed by atoms with E-state index in [1.165, 1.54) is 5.56 Å². The maximum absolute atomic E-state index is 11.4. The lowest BCUT2D eigenvalue weighted by Crippen LogP contribution is -2.43. The van der Waals surface area contributed by atoms with Gasteiger partial charge in [0, 0.05) is 7.05 Å². The van der Waals surface area contributed by atoms with Crippen LogP contribution in [0.2, 0.25) is 0 Å². The average Bonchev–Trinajstić information content (AvgIpc) is 2.31. The Bertz CT molecular complexity index is 440. The van der Waals surface area contributed by atoms with Gasteiger partial charge in [-0.15, -0.1) is 5.10 Å². The van der Waals surface area contributed by atoms with Gasteiger partial charge in [0.15, 0.2) is 0 Å². The van der Waals surface area contributed by atoms with Gasteiger partial charge >= 0.3 is 5.97 Å². The zero-order valence-corrected chi connectivity index (χ0v) is 9.93. The molecular formula is C12H15N3O2. The number of hydrogen-bond donors (Lipinski definition) is 1. The van der Waals surface area contributed by atoms with E-state index in [0.717, 1.165) is 5.69 Å². The van der Waals surface area contributed by atoms with Crippen molar-refractivity contribution in [2.75, 3.05) is 25.6 Å². The summed E-state index contributed by atoms with van der Waals surface area (Å²) in [4.78, 5) is 13.2. The molecule has 1 heterocycles. The number of hydrogen-bond acceptors (Lipinski definition) is 4. The van der Waals surface area contributed by atoms with Crippen LogP contribution >= 0.6 is 0 Å². The van der Waals surface area contributed by atoms with Gasteiger partial charge < -0.3 is 9.64 Å². The molecule has 0 aromatic heterocycles. The number of morpholine rings is 1. The number of esters is 1. The van der Waals surface area contributed by atoms with Crippen molar-refractivity contribution in [3.8, 4) is 0 Å². The number of carbonyl (C=O) groups excluding carboxylic acids is 1. The van der Waals surface area contributed by atoms with Crippen LogP contribution in [0.25, 0.3) is 0 Å². The second kappa shape index (κ2) is 4.86. The maximum atomic E-state index is 11.4. The van der Waals surface area contributed by atoms with Gasteiger partial charge in [-0.2, -0.15) is 0 Å². The van der Waals surface area contributed by atoms with Crippen LogP contribution in [0.4, 0.5) is 5.69 Å². The molecule has 2 rings (SSSR count). The summed E-state index contributed by atoms with van der Waals surface area (Å²) in [6.07, 6.45) is 0. The molecule has 0 saturated carbocycles. The van der Waals surface area contributed by atoms with Crippen LogP contribution in [0.15, 0.2) is 29.4 Å². The second-order valence-electron chi connectivity index (χ2n) is 3.97. The first-order valence-corrected chi connectivity index (χ1v) is 5.45. The van der Waals surface area contributed by atoms with E-state index in [-0.39, 0.29) is 0 Å². The summed E-state index contributed by atoms with van der Waals surface area (Å²) in [6, 6.07) is 7.78. The van der Waals surface area contributed by atoms with Gasteiger partial charge in [0.1, 0.15) is 6.61 Å². The predicted octanol–water partition coefficient (Wildman–Crippen LogP) is 1.21. The number of aryl methyl sites for hydroxylation is 1. The standard InChI is InChI=1S/C12H15N3O2/c1-9-3-5-10(6-4-9)13-14-11-12(16)17-8-7-15(11)2/h3-6,13H,7-8H2,1-2H3. The Hall–Kier alpha value is -2.04. The fourth-order valence-corrected chi connectivity index (χ4v) is 1.48. The number of rotatable bonds is 2. The Labute approximate surface area is 100 Å². The molecule has 0 bridgehead atoms. The number of nitrogens with one attached hydrogen (secondary N) is 1. The van der Waals surface area contributed by atoms with E-state index in [2.05, 4.69) is 10.5 Å². The lowest BCUT2D eigenvalue weighted by molar-refractivity contribution is -0.138. The van der Waals surface area contributed by atoms with Gasteiger partial charge in [0.25, 0.3) is 0 Å². The number of likely N-dealkylation sites (N-methyl/N-ethyl adjacent to an activating group) is 1. The lowest BCUT2D eigenvalue weighted by Gasteiger charge is -2.24. The maximum Gasteiger partial charge on any atom is 0.376 e. The van der Waals surface area contributed by atoms with Crippen molar-refractivity contribution in [1.29, 1.82) is 0 Å². The molecule has 17 heavy (non-hydrogen) atoms. The first-order chi connectivity index (χ1) is 8.16. The molecule has 90 valence electrons. The molecule has 1 aliphatic rings. The molecule has 1 saturated heterocycles. The molecule has 1 aromatic rings. The number of nitrogens with zero attached hydrogens (tertiary/aromatic N) is 2. The van der Waals surface area contributed by atoms with Gasteiger partial charge in [-0.05, 0) is 19.1 Å². The minimum Gasteiger partial charge on any atom is -0.458 e. The van der Waals surface area contributed by atoms with Crippen LogP contribution in [-0.2, 0) is 9.53 Å². The molecule has 0 amide bonds. The van der Waals surface area contributed by atoms with E-state index >= 15 is 0 Å². The molecule has 0 radical (unpaired) electrons. The van der Waals surface area contributed by atoms with Crippen LogP contribution in [-0.4, -0.2) is 36.9 Å². The third-order valence-corrected chi connectivity index (χ3v) is 2.55. The number of hydrazone groups is 1. The summed E-state index contributed by atoms with van der Waals surface area (Å²) in [5, 5.41) is 4.06. The Morgan fingerprint density at radius 2 is 2.06 bits per heavy atom. The number of anilines is 1. The summed E-state index contributed by atoms with van der Waals surface area (Å²) in [5.41, 5.74) is 4.87. The molecule has 0 aliphatic carbocycles. The fourth-order valence-electron chi connectivity index (χ4n) is 1.48. The van der Waals surface area contributed by atoms with E-state index < -0.39 is 5.97 Å². The van der Waals surface area contributed by atoms with E-state index in [4.69, 9.17) is 4.74 Å². The number of cyclic esters (lactones) is 1. The Morgan fingerprint density at radius 1 is 1.35 bits per heavy atom. The summed E-state index contributed by atoms with van der Waals surface area (Å²) in [7, 11) is 1.82. The Kier molecular flexibility index (Phi) is 3.27. The zero-order valence-electron chi connectivity index (χ0n) is 9.93. The molecular weight excluding hydrogens is 218 g/mol. The van der Waals surface area contributed by atoms with Gasteiger partial charge in [-0.3, -0.25) is 5.43 Å². The van der Waals surface area contributed by atoms with Gasteiger partial charge in [0.2, 0.25) is 5.84 Å². The summed E-state index contributed by atoms with van der Waals surface area (Å²) < 4.78 is 4.92. The molecule has 0 unspecified atom stereocenters. The van der Waals surface area contributed by atoms with Crippen molar-refractivity contribution >= 4 is 17.5 Å². The van der Waals surface area contributed by atoms with E-state index in [1.807, 2.05) is 38.2 Å². The highest BCUT2D eigenvalue weighted by Gasteiger charge is 2.23. The first kappa shape index (κ1) is 11.4. The summed E-state index contributed by atoms with van der Waals surface area (Å²) in [5.74, 6) is -0.0878. The van der Waals surface area contributed by atoms with Crippen molar-refractivity contribution in [1.82, 2.24) is 4.90 Å². The van der Waals surface area contributed by atoms with Gasteiger partial charge in [-0.25, -0.2) is 4.79 Å². The van der Waals surface area contributed by atoms with Crippen LogP contribution in [0.3, 0.4) is 0 Å². The predicted molar refractivity (Wildman–Crippen MR) is 65.8 cm³/mol. The van der Waals surface area contributed by atoms with Crippen LogP contribution in [0, 0.1) is 6.92 Å². The van der Waals surface area contributed by atoms with Crippen molar-refractivity contribution < 1.29 is 9.53 Å². The van der Waals surface area contributed by atoms with Crippen molar-refractivity contribution in [2.45, 2.75) is 6.92 Å². The largest absolute Gasteiger partial charge is 0.458 e. The molecule has 1 fully saturated rings. The van der Waals surface area contributed by atoms with Crippen molar-refractivity contribution in [2.24, 2.45) is 5.10 Å². The SMILES string of the molecule is Cc1ccc(NN=C2C(=O)OCCN2C)cc1. The second-order valence-corrected chi connectivity index (χ2v) is 3.97. The highest BCUT2D eigenvalue weighted by Crippen LogP contribution is 2.09. The van der Waals surface area contributed by atoms with E-state index in [9.17, 15) is 4.79 Å². The topological polar surface area (TPSA) is 53.9 Å². The number of carbonyl (C=O) groups is 1. The quantitative estimate of drug-likeness (QED) is 0.616. The molecule has 5 heteroatoms. The fraction of sp³-hybridized carbons (Fsp3) is 0.333. The third-order valence-electron chi connectivity index (χ3n) is 2.55. The van der Waals surface area contributed by atoms with Crippen molar-refractivity contribution in [3.05, 3.63) is 29.8 Å². The zero-order chi connectivity index (χ0) is 12.3. The van der Waals surface area contributed by atoms with Crippen LogP contribution < -0.4 is 5.43 Å². The third kappa shape index (κ3) is 2.75. The summed E-state index contributed by atoms with van der Waals surface area (Å²) >= 11 is 0. The minimum atomic E-state index is -0.390. The monoisotopic (exact) mass is 233 g/mol. The number of ether oxygens (including phenoxy) is 1. The van der Waals surface area contributed by atoms with Gasteiger partial charge in [-0.1, -0.05) is 17.7 Å². The number of benzene rings is 1. The smallest absolute Gasteiger partial charge is 0.376 e. The molecule has 1 N–H and O–H groups in total. The minimum absolute atomic E-state index is 0.303. The molecule has 0 atom stereocenters. The molecule has 1 aromatic carbocycles. The van der Waals surface area contributed by atoms with E-state index in [0.29, 0.717) is 19.0 Å². The highest BCUT2D eigenvalue weighted by atomic mass is 16.5. The Morgan fingerprint density at radius 3 is 2.71 bits per heavy atom. The molecule has 5 nitrogen and oxygen atoms in total. The van der Waals surface area contributed by atoms with Crippen molar-refractivity contribution in [3.63, 3.8) is 0 Å². The molecule has 1 aliphatic heterocycles. The van der Waals surface area contributed by atoms with Crippen LogP contribution in [0.1, 0.15) is 5.56 Å². The van der Waals surface area contributed by atoms with Crippen LogP contribution in [0.5, 0.6) is 0 Å². The lowest BCUT2D eigenvalue weighted by atomic mass is 10.2. The first-order valence-electron chi connectivity index (χ1n) is 5.45. The van der Waals surface area contributed by atoms with E-state index in [1.54, 1.807) is 4.90 Å². The molecule has 0 spiro atoms. The van der Waals surface area contributed by atoms with Gasteiger partial charge in [0.05, 0.1) is 12.2 Å². The summed E-state index contributed by atoms with van der Waals surface area (Å²) in [6.45, 7) is 3.10.